The maximum absolute atomic E-state index is 12.1. The Hall–Kier alpha value is -2.44. The van der Waals surface area contributed by atoms with Crippen LogP contribution in [0.25, 0.3) is 0 Å². The molecule has 2 amide bonds. The van der Waals surface area contributed by atoms with E-state index in [1.54, 1.807) is 42.7 Å². The van der Waals surface area contributed by atoms with Gasteiger partial charge in [-0.3, -0.25) is 14.6 Å². The Morgan fingerprint density at radius 3 is 2.57 bits per heavy atom. The quantitative estimate of drug-likeness (QED) is 0.757. The summed E-state index contributed by atoms with van der Waals surface area (Å²) in [7, 11) is 0. The number of nitrogens with one attached hydrogen (secondary N) is 2. The third kappa shape index (κ3) is 5.05. The van der Waals surface area contributed by atoms with E-state index in [2.05, 4.69) is 15.6 Å². The summed E-state index contributed by atoms with van der Waals surface area (Å²) < 4.78 is 0. The van der Waals surface area contributed by atoms with E-state index in [1.807, 2.05) is 0 Å². The minimum Gasteiger partial charge on any atom is -0.330 e. The summed E-state index contributed by atoms with van der Waals surface area (Å²) in [5, 5.41) is 5.85. The number of rotatable bonds is 6. The summed E-state index contributed by atoms with van der Waals surface area (Å²) in [5.41, 5.74) is 6.84. The maximum Gasteiger partial charge on any atom is 0.255 e. The van der Waals surface area contributed by atoms with Gasteiger partial charge >= 0.3 is 0 Å². The fourth-order valence-corrected chi connectivity index (χ4v) is 2.05. The number of amides is 2. The van der Waals surface area contributed by atoms with Gasteiger partial charge in [0, 0.05) is 30.1 Å². The van der Waals surface area contributed by atoms with E-state index < -0.39 is 0 Å². The zero-order valence-electron chi connectivity index (χ0n) is 12.4. The number of nitrogens with zero attached hydrogens (tertiary/aromatic N) is 1. The van der Waals surface area contributed by atoms with Crippen LogP contribution in [0.3, 0.4) is 0 Å². The van der Waals surface area contributed by atoms with Crippen molar-refractivity contribution >= 4 is 34.8 Å². The van der Waals surface area contributed by atoms with E-state index in [0.29, 0.717) is 41.3 Å². The van der Waals surface area contributed by atoms with E-state index >= 15 is 0 Å². The molecule has 0 spiro atoms. The number of carbonyl (C=O) groups is 2. The van der Waals surface area contributed by atoms with E-state index in [0.717, 1.165) is 0 Å². The van der Waals surface area contributed by atoms with Gasteiger partial charge in [0.25, 0.3) is 5.91 Å². The predicted molar refractivity (Wildman–Crippen MR) is 90.6 cm³/mol. The molecule has 1 heterocycles. The third-order valence-corrected chi connectivity index (χ3v) is 3.38. The molecule has 0 bridgehead atoms. The van der Waals surface area contributed by atoms with Crippen molar-refractivity contribution in [2.24, 2.45) is 5.73 Å². The number of halogens is 1. The van der Waals surface area contributed by atoms with Crippen molar-refractivity contribution in [3.05, 3.63) is 53.3 Å². The predicted octanol–water partition coefficient (Wildman–Crippen LogP) is 2.66. The molecule has 0 unspecified atom stereocenters. The lowest BCUT2D eigenvalue weighted by Crippen LogP contribution is -2.15. The number of pyridine rings is 1. The Bertz CT molecular complexity index is 692. The van der Waals surface area contributed by atoms with Crippen LogP contribution in [-0.4, -0.2) is 23.3 Å². The van der Waals surface area contributed by atoms with E-state index in [9.17, 15) is 9.59 Å². The molecule has 0 aliphatic rings. The van der Waals surface area contributed by atoms with Crippen molar-refractivity contribution in [3.63, 3.8) is 0 Å². The highest BCUT2D eigenvalue weighted by molar-refractivity contribution is 6.33. The Balaban J connectivity index is 2.07. The van der Waals surface area contributed by atoms with Crippen LogP contribution >= 0.6 is 11.6 Å². The summed E-state index contributed by atoms with van der Waals surface area (Å²) in [6.07, 6.45) is 4.00. The number of hydrogen-bond donors (Lipinski definition) is 3. The second-order valence-electron chi connectivity index (χ2n) is 4.83. The van der Waals surface area contributed by atoms with Gasteiger partial charge in [-0.2, -0.15) is 0 Å². The van der Waals surface area contributed by atoms with Crippen molar-refractivity contribution in [2.75, 3.05) is 17.2 Å². The van der Waals surface area contributed by atoms with Crippen molar-refractivity contribution in [3.8, 4) is 0 Å². The fourth-order valence-electron chi connectivity index (χ4n) is 1.88. The smallest absolute Gasteiger partial charge is 0.255 e. The summed E-state index contributed by atoms with van der Waals surface area (Å²) in [4.78, 5) is 27.7. The minimum atomic E-state index is -0.268. The molecule has 4 N–H and O–H groups in total. The zero-order valence-corrected chi connectivity index (χ0v) is 13.1. The van der Waals surface area contributed by atoms with Gasteiger partial charge in [-0.15, -0.1) is 0 Å². The second kappa shape index (κ2) is 8.26. The van der Waals surface area contributed by atoms with Crippen LogP contribution in [0.1, 0.15) is 23.2 Å². The van der Waals surface area contributed by atoms with Crippen LogP contribution in [0.5, 0.6) is 0 Å². The molecule has 7 heteroatoms. The van der Waals surface area contributed by atoms with Gasteiger partial charge in [0.05, 0.1) is 10.7 Å². The van der Waals surface area contributed by atoms with Crippen LogP contribution < -0.4 is 16.4 Å². The Morgan fingerprint density at radius 2 is 1.87 bits per heavy atom. The zero-order chi connectivity index (χ0) is 16.7. The Morgan fingerprint density at radius 1 is 1.13 bits per heavy atom. The first-order valence-electron chi connectivity index (χ1n) is 7.11. The molecule has 1 aromatic heterocycles. The number of nitrogens with two attached hydrogens (primary N) is 1. The van der Waals surface area contributed by atoms with Gasteiger partial charge in [-0.25, -0.2) is 0 Å². The Labute approximate surface area is 139 Å². The molecule has 0 radical (unpaired) electrons. The summed E-state index contributed by atoms with van der Waals surface area (Å²) >= 11 is 6.07. The number of carbonyl (C=O) groups excluding carboxylic acids is 2. The van der Waals surface area contributed by atoms with Gasteiger partial charge in [0.1, 0.15) is 0 Å². The van der Waals surface area contributed by atoms with Crippen molar-refractivity contribution < 1.29 is 9.59 Å². The average molecular weight is 333 g/mol. The van der Waals surface area contributed by atoms with Crippen LogP contribution in [0, 0.1) is 0 Å². The summed E-state index contributed by atoms with van der Waals surface area (Å²) in [6, 6.07) is 8.11. The number of anilines is 2. The molecule has 0 fully saturated rings. The highest BCUT2D eigenvalue weighted by atomic mass is 35.5. The van der Waals surface area contributed by atoms with Gasteiger partial charge in [0.2, 0.25) is 5.91 Å². The molecule has 6 nitrogen and oxygen atoms in total. The van der Waals surface area contributed by atoms with E-state index in [4.69, 9.17) is 17.3 Å². The lowest BCUT2D eigenvalue weighted by Gasteiger charge is -2.10. The van der Waals surface area contributed by atoms with Gasteiger partial charge in [0.15, 0.2) is 0 Å². The van der Waals surface area contributed by atoms with Crippen molar-refractivity contribution in [1.29, 1.82) is 0 Å². The monoisotopic (exact) mass is 332 g/mol. The van der Waals surface area contributed by atoms with Crippen LogP contribution in [0.2, 0.25) is 5.02 Å². The molecule has 0 saturated carbocycles. The largest absolute Gasteiger partial charge is 0.330 e. The second-order valence-corrected chi connectivity index (χ2v) is 5.23. The first-order valence-corrected chi connectivity index (χ1v) is 7.49. The molecule has 120 valence electrons. The molecular weight excluding hydrogens is 316 g/mol. The first kappa shape index (κ1) is 16.9. The standard InChI is InChI=1S/C16H17ClN4O2/c17-13-4-3-12(10-14(13)21-15(22)2-1-7-18)20-16(23)11-5-8-19-9-6-11/h3-6,8-10H,1-2,7,18H2,(H,20,23)(H,21,22). The summed E-state index contributed by atoms with van der Waals surface area (Å²) in [5.74, 6) is -0.440. The SMILES string of the molecule is NCCCC(=O)Nc1cc(NC(=O)c2ccncc2)ccc1Cl. The number of benzene rings is 1. The van der Waals surface area contributed by atoms with Crippen LogP contribution in [-0.2, 0) is 4.79 Å². The lowest BCUT2D eigenvalue weighted by atomic mass is 10.2. The minimum absolute atomic E-state index is 0.171. The highest BCUT2D eigenvalue weighted by Crippen LogP contribution is 2.26. The molecule has 0 aliphatic carbocycles. The van der Waals surface area contributed by atoms with Gasteiger partial charge < -0.3 is 16.4 Å². The topological polar surface area (TPSA) is 97.1 Å². The molecule has 1 aromatic carbocycles. The molecule has 0 saturated heterocycles. The maximum atomic E-state index is 12.1. The van der Waals surface area contributed by atoms with Gasteiger partial charge in [-0.1, -0.05) is 11.6 Å². The summed E-state index contributed by atoms with van der Waals surface area (Å²) in [6.45, 7) is 0.448. The first-order chi connectivity index (χ1) is 11.1. The normalized spacial score (nSPS) is 10.2. The van der Waals surface area contributed by atoms with Crippen molar-refractivity contribution in [2.45, 2.75) is 12.8 Å². The molecule has 2 rings (SSSR count). The lowest BCUT2D eigenvalue weighted by molar-refractivity contribution is -0.116. The molecule has 2 aromatic rings. The Kier molecular flexibility index (Phi) is 6.08. The van der Waals surface area contributed by atoms with E-state index in [1.165, 1.54) is 0 Å². The number of aromatic nitrogens is 1. The third-order valence-electron chi connectivity index (χ3n) is 3.05. The fraction of sp³-hybridized carbons (Fsp3) is 0.188. The van der Waals surface area contributed by atoms with Gasteiger partial charge in [-0.05, 0) is 43.3 Å². The van der Waals surface area contributed by atoms with Crippen LogP contribution in [0.4, 0.5) is 11.4 Å². The van der Waals surface area contributed by atoms with Crippen molar-refractivity contribution in [1.82, 2.24) is 4.98 Å². The number of hydrogen-bond acceptors (Lipinski definition) is 4. The molecule has 0 atom stereocenters. The van der Waals surface area contributed by atoms with Crippen LogP contribution in [0.15, 0.2) is 42.7 Å². The molecular formula is C16H17ClN4O2. The molecule has 0 aliphatic heterocycles. The average Bonchev–Trinajstić information content (AvgIpc) is 2.56. The molecule has 23 heavy (non-hydrogen) atoms. The highest BCUT2D eigenvalue weighted by Gasteiger charge is 2.09. The van der Waals surface area contributed by atoms with E-state index in [-0.39, 0.29) is 11.8 Å².